The Morgan fingerprint density at radius 2 is 2.38 bits per heavy atom. The minimum Gasteiger partial charge on any atom is -0.450 e. The second-order valence-electron chi connectivity index (χ2n) is 3.83. The third kappa shape index (κ3) is 1.77. The number of rotatable bonds is 1. The minimum absolute atomic E-state index is 0.157. The van der Waals surface area contributed by atoms with Gasteiger partial charge in [-0.1, -0.05) is 0 Å². The van der Waals surface area contributed by atoms with Crippen LogP contribution in [-0.2, 0) is 4.74 Å². The van der Waals surface area contributed by atoms with Crippen LogP contribution < -0.4 is 5.32 Å². The van der Waals surface area contributed by atoms with Crippen molar-refractivity contribution in [3.63, 3.8) is 0 Å². The summed E-state index contributed by atoms with van der Waals surface area (Å²) in [5.74, 6) is 0. The number of nitrogens with zero attached hydrogens (tertiary/aromatic N) is 1. The van der Waals surface area contributed by atoms with Gasteiger partial charge in [0.2, 0.25) is 0 Å². The average Bonchev–Trinajstić information content (AvgIpc) is 2.85. The molecular formula is C9H16N2O2. The third-order valence-corrected chi connectivity index (χ3v) is 2.75. The normalized spacial score (nSPS) is 24.5. The molecular weight excluding hydrogens is 168 g/mol. The average molecular weight is 184 g/mol. The van der Waals surface area contributed by atoms with E-state index >= 15 is 0 Å². The van der Waals surface area contributed by atoms with Crippen molar-refractivity contribution in [2.75, 3.05) is 26.2 Å². The molecule has 1 spiro atoms. The lowest BCUT2D eigenvalue weighted by atomic mass is 10.2. The molecule has 0 atom stereocenters. The molecule has 1 amide bonds. The van der Waals surface area contributed by atoms with E-state index in [1.165, 1.54) is 12.8 Å². The van der Waals surface area contributed by atoms with Crippen molar-refractivity contribution in [3.8, 4) is 0 Å². The molecule has 2 rings (SSSR count). The number of hydrogen-bond donors (Lipinski definition) is 1. The summed E-state index contributed by atoms with van der Waals surface area (Å²) in [6, 6.07) is 0. The zero-order valence-electron chi connectivity index (χ0n) is 8.01. The largest absolute Gasteiger partial charge is 0.450 e. The van der Waals surface area contributed by atoms with E-state index in [9.17, 15) is 4.79 Å². The fourth-order valence-corrected chi connectivity index (χ4v) is 1.81. The fraction of sp³-hybridized carbons (Fsp3) is 0.889. The second-order valence-corrected chi connectivity index (χ2v) is 3.83. The van der Waals surface area contributed by atoms with Gasteiger partial charge in [0.05, 0.1) is 6.61 Å². The van der Waals surface area contributed by atoms with E-state index < -0.39 is 0 Å². The van der Waals surface area contributed by atoms with Gasteiger partial charge in [-0.15, -0.1) is 0 Å². The maximum Gasteiger partial charge on any atom is 0.409 e. The van der Waals surface area contributed by atoms with E-state index in [-0.39, 0.29) is 11.6 Å². The molecule has 2 aliphatic rings. The van der Waals surface area contributed by atoms with Crippen LogP contribution in [0.2, 0.25) is 0 Å². The van der Waals surface area contributed by atoms with Crippen LogP contribution in [0.15, 0.2) is 0 Å². The summed E-state index contributed by atoms with van der Waals surface area (Å²) in [7, 11) is 0. The number of carbonyl (C=O) groups is 1. The van der Waals surface area contributed by atoms with Gasteiger partial charge in [-0.25, -0.2) is 4.79 Å². The smallest absolute Gasteiger partial charge is 0.409 e. The monoisotopic (exact) mass is 184 g/mol. The van der Waals surface area contributed by atoms with Gasteiger partial charge in [0.25, 0.3) is 0 Å². The van der Waals surface area contributed by atoms with Crippen molar-refractivity contribution >= 4 is 6.09 Å². The van der Waals surface area contributed by atoms with Gasteiger partial charge in [0.1, 0.15) is 0 Å². The first-order chi connectivity index (χ1) is 6.26. The molecule has 4 nitrogen and oxygen atoms in total. The van der Waals surface area contributed by atoms with Crippen LogP contribution in [0.25, 0.3) is 0 Å². The van der Waals surface area contributed by atoms with Crippen molar-refractivity contribution < 1.29 is 9.53 Å². The molecule has 0 radical (unpaired) electrons. The van der Waals surface area contributed by atoms with Crippen molar-refractivity contribution in [3.05, 3.63) is 0 Å². The van der Waals surface area contributed by atoms with E-state index in [1.54, 1.807) is 0 Å². The summed E-state index contributed by atoms with van der Waals surface area (Å²) in [6.45, 7) is 4.81. The lowest BCUT2D eigenvalue weighted by Crippen LogP contribution is -2.54. The molecule has 0 unspecified atom stereocenters. The zero-order chi connectivity index (χ0) is 9.31. The topological polar surface area (TPSA) is 41.6 Å². The maximum atomic E-state index is 11.4. The SMILES string of the molecule is CCOC(=O)N1CCNC2(CC2)C1. The Morgan fingerprint density at radius 3 is 3.00 bits per heavy atom. The first-order valence-corrected chi connectivity index (χ1v) is 4.92. The molecule has 1 heterocycles. The second kappa shape index (κ2) is 3.18. The minimum atomic E-state index is -0.157. The summed E-state index contributed by atoms with van der Waals surface area (Å²) in [4.78, 5) is 13.2. The Morgan fingerprint density at radius 1 is 1.62 bits per heavy atom. The molecule has 13 heavy (non-hydrogen) atoms. The number of piperazine rings is 1. The van der Waals surface area contributed by atoms with Crippen LogP contribution in [0.3, 0.4) is 0 Å². The van der Waals surface area contributed by atoms with E-state index in [4.69, 9.17) is 4.74 Å². The van der Waals surface area contributed by atoms with E-state index in [0.29, 0.717) is 6.61 Å². The maximum absolute atomic E-state index is 11.4. The Bertz CT molecular complexity index is 214. The third-order valence-electron chi connectivity index (χ3n) is 2.75. The van der Waals surface area contributed by atoms with Crippen molar-refractivity contribution in [1.29, 1.82) is 0 Å². The molecule has 1 N–H and O–H groups in total. The number of ether oxygens (including phenoxy) is 1. The predicted molar refractivity (Wildman–Crippen MR) is 48.6 cm³/mol. The van der Waals surface area contributed by atoms with Gasteiger partial charge in [0, 0.05) is 25.2 Å². The molecule has 0 aromatic rings. The van der Waals surface area contributed by atoms with Crippen LogP contribution >= 0.6 is 0 Å². The Labute approximate surface area is 78.2 Å². The van der Waals surface area contributed by atoms with Gasteiger partial charge in [-0.2, -0.15) is 0 Å². The first kappa shape index (κ1) is 8.81. The molecule has 2 fully saturated rings. The van der Waals surface area contributed by atoms with Gasteiger partial charge in [0.15, 0.2) is 0 Å². The Kier molecular flexibility index (Phi) is 2.15. The number of carbonyl (C=O) groups excluding carboxylic acids is 1. The Balaban J connectivity index is 1.88. The summed E-state index contributed by atoms with van der Waals surface area (Å²) in [6.07, 6.45) is 2.24. The Hall–Kier alpha value is -0.770. The summed E-state index contributed by atoms with van der Waals surface area (Å²) < 4.78 is 4.96. The lowest BCUT2D eigenvalue weighted by Gasteiger charge is -2.33. The molecule has 0 bridgehead atoms. The van der Waals surface area contributed by atoms with E-state index in [0.717, 1.165) is 19.6 Å². The van der Waals surface area contributed by atoms with Crippen LogP contribution in [0.4, 0.5) is 4.79 Å². The molecule has 74 valence electrons. The lowest BCUT2D eigenvalue weighted by molar-refractivity contribution is 0.0922. The number of nitrogens with one attached hydrogen (secondary N) is 1. The molecule has 1 saturated carbocycles. The highest BCUT2D eigenvalue weighted by Gasteiger charge is 2.46. The number of amides is 1. The molecule has 4 heteroatoms. The zero-order valence-corrected chi connectivity index (χ0v) is 8.01. The van der Waals surface area contributed by atoms with Crippen LogP contribution in [0, 0.1) is 0 Å². The van der Waals surface area contributed by atoms with Gasteiger partial charge in [-0.05, 0) is 19.8 Å². The molecule has 0 aromatic carbocycles. The van der Waals surface area contributed by atoms with Gasteiger partial charge >= 0.3 is 6.09 Å². The quantitative estimate of drug-likeness (QED) is 0.648. The van der Waals surface area contributed by atoms with Crippen molar-refractivity contribution in [1.82, 2.24) is 10.2 Å². The molecule has 1 aliphatic carbocycles. The predicted octanol–water partition coefficient (Wildman–Crippen LogP) is 0.581. The highest BCUT2D eigenvalue weighted by Crippen LogP contribution is 2.37. The fourth-order valence-electron chi connectivity index (χ4n) is 1.81. The summed E-state index contributed by atoms with van der Waals surface area (Å²) in [5.41, 5.74) is 0.255. The standard InChI is InChI=1S/C9H16N2O2/c1-2-13-8(12)11-6-5-10-9(7-11)3-4-9/h10H,2-7H2,1H3. The van der Waals surface area contributed by atoms with E-state index in [2.05, 4.69) is 5.32 Å². The van der Waals surface area contributed by atoms with Crippen LogP contribution in [0.1, 0.15) is 19.8 Å². The van der Waals surface area contributed by atoms with Gasteiger partial charge < -0.3 is 15.0 Å². The van der Waals surface area contributed by atoms with Crippen molar-refractivity contribution in [2.24, 2.45) is 0 Å². The molecule has 0 aromatic heterocycles. The molecule has 1 saturated heterocycles. The van der Waals surface area contributed by atoms with Crippen LogP contribution in [0.5, 0.6) is 0 Å². The first-order valence-electron chi connectivity index (χ1n) is 4.92. The summed E-state index contributed by atoms with van der Waals surface area (Å²) >= 11 is 0. The van der Waals surface area contributed by atoms with Gasteiger partial charge in [-0.3, -0.25) is 0 Å². The highest BCUT2D eigenvalue weighted by molar-refractivity contribution is 5.68. The van der Waals surface area contributed by atoms with Crippen molar-refractivity contribution in [2.45, 2.75) is 25.3 Å². The summed E-state index contributed by atoms with van der Waals surface area (Å²) in [5, 5.41) is 3.45. The number of hydrogen-bond acceptors (Lipinski definition) is 3. The van der Waals surface area contributed by atoms with E-state index in [1.807, 2.05) is 11.8 Å². The highest BCUT2D eigenvalue weighted by atomic mass is 16.6. The van der Waals surface area contributed by atoms with Crippen LogP contribution in [-0.4, -0.2) is 42.8 Å². The molecule has 1 aliphatic heterocycles.